The molecular weight excluding hydrogens is 268 g/mol. The lowest BCUT2D eigenvalue weighted by Crippen LogP contribution is -2.18. The van der Waals surface area contributed by atoms with Crippen LogP contribution in [0.25, 0.3) is 0 Å². The standard InChI is InChI=1S/C12H14N2O2S2/c1-6(2)11(16)14-12-9(10(13)15)7-3-4-17-5-8(7)18-12/h1,3-5H2,2H3,(H2,13,15)(H,14,16). The van der Waals surface area contributed by atoms with Gasteiger partial charge in [0, 0.05) is 16.2 Å². The molecule has 0 bridgehead atoms. The molecule has 1 aliphatic rings. The Balaban J connectivity index is 2.40. The predicted octanol–water partition coefficient (Wildman–Crippen LogP) is 2.15. The van der Waals surface area contributed by atoms with E-state index < -0.39 is 5.91 Å². The van der Waals surface area contributed by atoms with Gasteiger partial charge >= 0.3 is 0 Å². The highest BCUT2D eigenvalue weighted by molar-refractivity contribution is 7.98. The first-order valence-electron chi connectivity index (χ1n) is 5.49. The number of nitrogens with one attached hydrogen (secondary N) is 1. The van der Waals surface area contributed by atoms with Crippen molar-refractivity contribution in [2.24, 2.45) is 5.73 Å². The number of amides is 2. The molecule has 0 fully saturated rings. The Hall–Kier alpha value is -1.27. The molecule has 4 nitrogen and oxygen atoms in total. The van der Waals surface area contributed by atoms with Gasteiger partial charge in [-0.15, -0.1) is 11.3 Å². The Morgan fingerprint density at radius 1 is 1.44 bits per heavy atom. The molecule has 18 heavy (non-hydrogen) atoms. The summed E-state index contributed by atoms with van der Waals surface area (Å²) < 4.78 is 0. The van der Waals surface area contributed by atoms with Crippen LogP contribution in [0, 0.1) is 0 Å². The Kier molecular flexibility index (Phi) is 3.77. The van der Waals surface area contributed by atoms with E-state index in [1.165, 1.54) is 11.3 Å². The van der Waals surface area contributed by atoms with E-state index >= 15 is 0 Å². The number of nitrogens with two attached hydrogens (primary N) is 1. The molecule has 0 unspecified atom stereocenters. The van der Waals surface area contributed by atoms with E-state index in [-0.39, 0.29) is 5.91 Å². The summed E-state index contributed by atoms with van der Waals surface area (Å²) in [6.45, 7) is 5.21. The van der Waals surface area contributed by atoms with E-state index in [0.717, 1.165) is 28.4 Å². The zero-order chi connectivity index (χ0) is 13.3. The number of fused-ring (bicyclic) bond motifs is 1. The van der Waals surface area contributed by atoms with Gasteiger partial charge in [0.05, 0.1) is 5.56 Å². The normalized spacial score (nSPS) is 13.8. The highest BCUT2D eigenvalue weighted by atomic mass is 32.2. The topological polar surface area (TPSA) is 72.2 Å². The van der Waals surface area contributed by atoms with Crippen molar-refractivity contribution in [3.05, 3.63) is 28.2 Å². The van der Waals surface area contributed by atoms with Crippen LogP contribution in [0.3, 0.4) is 0 Å². The molecule has 0 radical (unpaired) electrons. The fourth-order valence-corrected chi connectivity index (χ4v) is 4.17. The van der Waals surface area contributed by atoms with E-state index in [9.17, 15) is 9.59 Å². The van der Waals surface area contributed by atoms with Crippen LogP contribution in [0.2, 0.25) is 0 Å². The number of hydrogen-bond donors (Lipinski definition) is 2. The Bertz CT molecular complexity index is 534. The molecule has 1 aromatic rings. The summed E-state index contributed by atoms with van der Waals surface area (Å²) in [5.74, 6) is 1.11. The van der Waals surface area contributed by atoms with Gasteiger partial charge in [-0.05, 0) is 24.7 Å². The van der Waals surface area contributed by atoms with Gasteiger partial charge in [-0.25, -0.2) is 0 Å². The monoisotopic (exact) mass is 282 g/mol. The molecule has 0 atom stereocenters. The van der Waals surface area contributed by atoms with E-state index in [4.69, 9.17) is 5.73 Å². The van der Waals surface area contributed by atoms with Crippen LogP contribution in [0.15, 0.2) is 12.2 Å². The minimum Gasteiger partial charge on any atom is -0.365 e. The lowest BCUT2D eigenvalue weighted by molar-refractivity contribution is -0.112. The Morgan fingerprint density at radius 3 is 2.78 bits per heavy atom. The van der Waals surface area contributed by atoms with Gasteiger partial charge in [0.2, 0.25) is 0 Å². The maximum atomic E-state index is 11.6. The summed E-state index contributed by atoms with van der Waals surface area (Å²) >= 11 is 3.27. The largest absolute Gasteiger partial charge is 0.365 e. The van der Waals surface area contributed by atoms with Crippen molar-refractivity contribution in [3.8, 4) is 0 Å². The molecule has 0 saturated carbocycles. The molecule has 0 spiro atoms. The van der Waals surface area contributed by atoms with Crippen LogP contribution in [0.4, 0.5) is 5.00 Å². The third-order valence-corrected chi connectivity index (χ3v) is 5.00. The van der Waals surface area contributed by atoms with Crippen LogP contribution in [-0.4, -0.2) is 17.6 Å². The molecular formula is C12H14N2O2S2. The number of carbonyl (C=O) groups is 2. The number of thioether (sulfide) groups is 1. The molecule has 1 aliphatic heterocycles. The summed E-state index contributed by atoms with van der Waals surface area (Å²) in [5, 5.41) is 3.28. The smallest absolute Gasteiger partial charge is 0.251 e. The van der Waals surface area contributed by atoms with E-state index in [1.54, 1.807) is 6.92 Å². The van der Waals surface area contributed by atoms with Crippen LogP contribution in [0.5, 0.6) is 0 Å². The predicted molar refractivity (Wildman–Crippen MR) is 76.1 cm³/mol. The summed E-state index contributed by atoms with van der Waals surface area (Å²) in [6.07, 6.45) is 0.831. The van der Waals surface area contributed by atoms with E-state index in [0.29, 0.717) is 16.1 Å². The Labute approximate surface area is 114 Å². The second kappa shape index (κ2) is 5.16. The maximum absolute atomic E-state index is 11.6. The molecule has 3 N–H and O–H groups in total. The number of rotatable bonds is 3. The molecule has 96 valence electrons. The van der Waals surface area contributed by atoms with Gasteiger partial charge < -0.3 is 11.1 Å². The van der Waals surface area contributed by atoms with Crippen molar-refractivity contribution in [2.75, 3.05) is 11.1 Å². The third kappa shape index (κ3) is 2.44. The SMILES string of the molecule is C=C(C)C(=O)Nc1sc2c(c1C(N)=O)CCSC2. The summed E-state index contributed by atoms with van der Waals surface area (Å²) in [5.41, 5.74) is 7.31. The quantitative estimate of drug-likeness (QED) is 0.834. The molecule has 2 heterocycles. The van der Waals surface area contributed by atoms with E-state index in [2.05, 4.69) is 11.9 Å². The Morgan fingerprint density at radius 2 is 2.17 bits per heavy atom. The molecule has 1 aromatic heterocycles. The highest BCUT2D eigenvalue weighted by Gasteiger charge is 2.25. The minimum atomic E-state index is -0.476. The number of hydrogen-bond acceptors (Lipinski definition) is 4. The van der Waals surface area contributed by atoms with Gasteiger partial charge in [0.25, 0.3) is 11.8 Å². The molecule has 0 saturated heterocycles. The number of carbonyl (C=O) groups excluding carboxylic acids is 2. The second-order valence-electron chi connectivity index (χ2n) is 4.11. The second-order valence-corrected chi connectivity index (χ2v) is 6.32. The zero-order valence-corrected chi connectivity index (χ0v) is 11.7. The first kappa shape index (κ1) is 13.2. The van der Waals surface area contributed by atoms with Crippen molar-refractivity contribution in [1.82, 2.24) is 0 Å². The van der Waals surface area contributed by atoms with Crippen LogP contribution < -0.4 is 11.1 Å². The van der Waals surface area contributed by atoms with Gasteiger partial charge in [-0.1, -0.05) is 6.58 Å². The number of primary amides is 1. The summed E-state index contributed by atoms with van der Waals surface area (Å²) in [6, 6.07) is 0. The molecule has 6 heteroatoms. The lowest BCUT2D eigenvalue weighted by atomic mass is 10.1. The molecule has 2 rings (SSSR count). The molecule has 2 amide bonds. The minimum absolute atomic E-state index is 0.274. The van der Waals surface area contributed by atoms with Crippen LogP contribution in [-0.2, 0) is 17.0 Å². The van der Waals surface area contributed by atoms with Gasteiger partial charge in [-0.2, -0.15) is 11.8 Å². The number of anilines is 1. The van der Waals surface area contributed by atoms with Crippen LogP contribution >= 0.6 is 23.1 Å². The average molecular weight is 282 g/mol. The number of thiophene rings is 1. The summed E-state index contributed by atoms with van der Waals surface area (Å²) in [4.78, 5) is 24.3. The van der Waals surface area contributed by atoms with Crippen molar-refractivity contribution >= 4 is 39.9 Å². The van der Waals surface area contributed by atoms with Crippen molar-refractivity contribution < 1.29 is 9.59 Å². The van der Waals surface area contributed by atoms with Gasteiger partial charge in [0.1, 0.15) is 5.00 Å². The average Bonchev–Trinajstić information content (AvgIpc) is 2.66. The third-order valence-electron chi connectivity index (χ3n) is 2.68. The fraction of sp³-hybridized carbons (Fsp3) is 0.333. The van der Waals surface area contributed by atoms with Crippen LogP contribution in [0.1, 0.15) is 27.7 Å². The van der Waals surface area contributed by atoms with E-state index in [1.807, 2.05) is 11.8 Å². The highest BCUT2D eigenvalue weighted by Crippen LogP contribution is 2.39. The van der Waals surface area contributed by atoms with Crippen molar-refractivity contribution in [2.45, 2.75) is 19.1 Å². The fourth-order valence-electron chi connectivity index (χ4n) is 1.79. The van der Waals surface area contributed by atoms with Gasteiger partial charge in [-0.3, -0.25) is 9.59 Å². The zero-order valence-electron chi connectivity index (χ0n) is 10.0. The van der Waals surface area contributed by atoms with Crippen molar-refractivity contribution in [3.63, 3.8) is 0 Å². The lowest BCUT2D eigenvalue weighted by Gasteiger charge is -2.11. The summed E-state index contributed by atoms with van der Waals surface area (Å²) in [7, 11) is 0. The van der Waals surface area contributed by atoms with Crippen molar-refractivity contribution in [1.29, 1.82) is 0 Å². The molecule has 0 aromatic carbocycles. The molecule has 0 aliphatic carbocycles. The van der Waals surface area contributed by atoms with Gasteiger partial charge in [0.15, 0.2) is 0 Å². The first-order chi connectivity index (χ1) is 8.50. The first-order valence-corrected chi connectivity index (χ1v) is 7.46. The maximum Gasteiger partial charge on any atom is 0.251 e.